The van der Waals surface area contributed by atoms with Gasteiger partial charge in [-0.25, -0.2) is 8.42 Å². The average molecular weight is 290 g/mol. The SMILES string of the molecule is Cc1ccc(N2CC(Br)CS2(=O)=O)cc1. The number of anilines is 1. The molecule has 5 heteroatoms. The normalized spacial score (nSPS) is 24.4. The minimum atomic E-state index is -3.12. The summed E-state index contributed by atoms with van der Waals surface area (Å²) in [5.74, 6) is 0.181. The Labute approximate surface area is 98.3 Å². The van der Waals surface area contributed by atoms with Gasteiger partial charge in [-0.2, -0.15) is 0 Å². The fourth-order valence-corrected chi connectivity index (χ4v) is 4.72. The van der Waals surface area contributed by atoms with Crippen LogP contribution in [0.5, 0.6) is 0 Å². The van der Waals surface area contributed by atoms with Gasteiger partial charge in [-0.15, -0.1) is 0 Å². The van der Waals surface area contributed by atoms with Crippen molar-refractivity contribution in [1.29, 1.82) is 0 Å². The lowest BCUT2D eigenvalue weighted by molar-refractivity contribution is 0.599. The summed E-state index contributed by atoms with van der Waals surface area (Å²) in [7, 11) is -3.12. The molecule has 0 aliphatic carbocycles. The standard InChI is InChI=1S/C10H12BrNO2S/c1-8-2-4-10(5-3-8)12-6-9(11)7-15(12,13)14/h2-5,9H,6-7H2,1H3. The van der Waals surface area contributed by atoms with Gasteiger partial charge in [-0.05, 0) is 19.1 Å². The van der Waals surface area contributed by atoms with Crippen LogP contribution in [0.4, 0.5) is 5.69 Å². The molecule has 1 fully saturated rings. The van der Waals surface area contributed by atoms with E-state index in [1.54, 1.807) is 0 Å². The second-order valence-electron chi connectivity index (χ2n) is 3.74. The van der Waals surface area contributed by atoms with Gasteiger partial charge in [0.15, 0.2) is 0 Å². The van der Waals surface area contributed by atoms with E-state index in [0.717, 1.165) is 11.3 Å². The van der Waals surface area contributed by atoms with Crippen molar-refractivity contribution < 1.29 is 8.42 Å². The van der Waals surface area contributed by atoms with Crippen LogP contribution >= 0.6 is 15.9 Å². The van der Waals surface area contributed by atoms with E-state index in [1.807, 2.05) is 31.2 Å². The monoisotopic (exact) mass is 289 g/mol. The first-order valence-corrected chi connectivity index (χ1v) is 7.23. The minimum absolute atomic E-state index is 0.0313. The zero-order valence-corrected chi connectivity index (χ0v) is 10.8. The molecule has 1 heterocycles. The molecule has 1 unspecified atom stereocenters. The van der Waals surface area contributed by atoms with Gasteiger partial charge in [0, 0.05) is 11.4 Å². The van der Waals surface area contributed by atoms with Gasteiger partial charge in [-0.1, -0.05) is 33.6 Å². The molecule has 82 valence electrons. The predicted octanol–water partition coefficient (Wildman–Crippen LogP) is 1.91. The molecule has 0 amide bonds. The molecule has 0 saturated carbocycles. The smallest absolute Gasteiger partial charge is 0.236 e. The topological polar surface area (TPSA) is 37.4 Å². The summed E-state index contributed by atoms with van der Waals surface area (Å²) in [5.41, 5.74) is 1.88. The fourth-order valence-electron chi connectivity index (χ4n) is 1.64. The highest BCUT2D eigenvalue weighted by molar-refractivity contribution is 9.09. The van der Waals surface area contributed by atoms with Crippen LogP contribution in [0.25, 0.3) is 0 Å². The molecule has 0 spiro atoms. The summed E-state index contributed by atoms with van der Waals surface area (Å²) in [6, 6.07) is 7.54. The Kier molecular flexibility index (Phi) is 2.77. The first-order chi connectivity index (χ1) is 6.99. The largest absolute Gasteiger partial charge is 0.269 e. The van der Waals surface area contributed by atoms with Gasteiger partial charge in [0.25, 0.3) is 0 Å². The fraction of sp³-hybridized carbons (Fsp3) is 0.400. The second-order valence-corrected chi connectivity index (χ2v) is 6.98. The van der Waals surface area contributed by atoms with E-state index in [2.05, 4.69) is 15.9 Å². The molecule has 1 aromatic carbocycles. The van der Waals surface area contributed by atoms with Crippen molar-refractivity contribution in [3.8, 4) is 0 Å². The van der Waals surface area contributed by atoms with Crippen molar-refractivity contribution in [1.82, 2.24) is 0 Å². The quantitative estimate of drug-likeness (QED) is 0.741. The minimum Gasteiger partial charge on any atom is -0.269 e. The van der Waals surface area contributed by atoms with Crippen LogP contribution in [0.3, 0.4) is 0 Å². The lowest BCUT2D eigenvalue weighted by atomic mass is 10.2. The molecule has 1 aliphatic heterocycles. The number of nitrogens with zero attached hydrogens (tertiary/aromatic N) is 1. The van der Waals surface area contributed by atoms with Gasteiger partial charge in [0.1, 0.15) is 0 Å². The average Bonchev–Trinajstić information content (AvgIpc) is 2.41. The number of alkyl halides is 1. The maximum absolute atomic E-state index is 11.8. The molecule has 15 heavy (non-hydrogen) atoms. The maximum Gasteiger partial charge on any atom is 0.236 e. The number of benzene rings is 1. The van der Waals surface area contributed by atoms with E-state index in [4.69, 9.17) is 0 Å². The zero-order valence-electron chi connectivity index (χ0n) is 8.35. The molecule has 0 bridgehead atoms. The van der Waals surface area contributed by atoms with Gasteiger partial charge in [0.05, 0.1) is 11.4 Å². The number of aryl methyl sites for hydroxylation is 1. The van der Waals surface area contributed by atoms with Crippen LogP contribution in [0.15, 0.2) is 24.3 Å². The van der Waals surface area contributed by atoms with Crippen LogP contribution in [-0.4, -0.2) is 25.5 Å². The Morgan fingerprint density at radius 1 is 1.33 bits per heavy atom. The summed E-state index contributed by atoms with van der Waals surface area (Å²) >= 11 is 3.35. The Bertz CT molecular complexity index is 455. The summed E-state index contributed by atoms with van der Waals surface area (Å²) < 4.78 is 25.0. The highest BCUT2D eigenvalue weighted by Gasteiger charge is 2.34. The third-order valence-electron chi connectivity index (χ3n) is 2.41. The highest BCUT2D eigenvalue weighted by atomic mass is 79.9. The molecule has 0 N–H and O–H groups in total. The number of hydrogen-bond donors (Lipinski definition) is 0. The van der Waals surface area contributed by atoms with Crippen LogP contribution < -0.4 is 4.31 Å². The summed E-state index contributed by atoms with van der Waals surface area (Å²) in [5, 5.41) is 0. The molecule has 0 radical (unpaired) electrons. The molecular weight excluding hydrogens is 278 g/mol. The first-order valence-electron chi connectivity index (χ1n) is 4.70. The van der Waals surface area contributed by atoms with E-state index in [-0.39, 0.29) is 10.6 Å². The summed E-state index contributed by atoms with van der Waals surface area (Å²) in [6.07, 6.45) is 0. The van der Waals surface area contributed by atoms with E-state index in [9.17, 15) is 8.42 Å². The lowest BCUT2D eigenvalue weighted by Gasteiger charge is -2.16. The molecular formula is C10H12BrNO2S. The number of rotatable bonds is 1. The van der Waals surface area contributed by atoms with Crippen LogP contribution in [0.1, 0.15) is 5.56 Å². The highest BCUT2D eigenvalue weighted by Crippen LogP contribution is 2.27. The Balaban J connectivity index is 2.36. The van der Waals surface area contributed by atoms with Crippen molar-refractivity contribution in [2.75, 3.05) is 16.6 Å². The Morgan fingerprint density at radius 2 is 1.93 bits per heavy atom. The van der Waals surface area contributed by atoms with E-state index in [1.165, 1.54) is 4.31 Å². The summed E-state index contributed by atoms with van der Waals surface area (Å²) in [6.45, 7) is 2.50. The first kappa shape index (κ1) is 11.0. The molecule has 1 saturated heterocycles. The summed E-state index contributed by atoms with van der Waals surface area (Å²) in [4.78, 5) is 0.0313. The second kappa shape index (κ2) is 3.79. The van der Waals surface area contributed by atoms with Gasteiger partial charge >= 0.3 is 0 Å². The number of halogens is 1. The third kappa shape index (κ3) is 2.18. The van der Waals surface area contributed by atoms with Crippen molar-refractivity contribution in [3.05, 3.63) is 29.8 Å². The van der Waals surface area contributed by atoms with E-state index >= 15 is 0 Å². The third-order valence-corrected chi connectivity index (χ3v) is 5.31. The van der Waals surface area contributed by atoms with Crippen LogP contribution in [-0.2, 0) is 10.0 Å². The van der Waals surface area contributed by atoms with Crippen LogP contribution in [0, 0.1) is 6.92 Å². The molecule has 2 rings (SSSR count). The predicted molar refractivity (Wildman–Crippen MR) is 65.0 cm³/mol. The number of sulfonamides is 1. The van der Waals surface area contributed by atoms with Gasteiger partial charge in [0.2, 0.25) is 10.0 Å². The van der Waals surface area contributed by atoms with Gasteiger partial charge in [-0.3, -0.25) is 4.31 Å². The molecule has 1 aromatic rings. The molecule has 0 aromatic heterocycles. The molecule has 3 nitrogen and oxygen atoms in total. The van der Waals surface area contributed by atoms with Crippen molar-refractivity contribution in [3.63, 3.8) is 0 Å². The number of hydrogen-bond acceptors (Lipinski definition) is 2. The van der Waals surface area contributed by atoms with E-state index in [0.29, 0.717) is 6.54 Å². The maximum atomic E-state index is 11.8. The Hall–Kier alpha value is -0.550. The lowest BCUT2D eigenvalue weighted by Crippen LogP contribution is -2.25. The molecule has 1 aliphatic rings. The van der Waals surface area contributed by atoms with Crippen molar-refractivity contribution >= 4 is 31.6 Å². The molecule has 1 atom stereocenters. The Morgan fingerprint density at radius 3 is 2.40 bits per heavy atom. The van der Waals surface area contributed by atoms with E-state index < -0.39 is 10.0 Å². The zero-order chi connectivity index (χ0) is 11.1. The van der Waals surface area contributed by atoms with Crippen LogP contribution in [0.2, 0.25) is 0 Å². The van der Waals surface area contributed by atoms with Crippen molar-refractivity contribution in [2.24, 2.45) is 0 Å². The van der Waals surface area contributed by atoms with Gasteiger partial charge < -0.3 is 0 Å². The van der Waals surface area contributed by atoms with Crippen molar-refractivity contribution in [2.45, 2.75) is 11.8 Å².